The van der Waals surface area contributed by atoms with Crippen molar-refractivity contribution in [2.45, 2.75) is 33.8 Å². The summed E-state index contributed by atoms with van der Waals surface area (Å²) in [6.45, 7) is 6.31. The number of ketones is 1. The number of hydrogen-bond acceptors (Lipinski definition) is 5. The second-order valence-electron chi connectivity index (χ2n) is 6.28. The van der Waals surface area contributed by atoms with Crippen LogP contribution in [0.25, 0.3) is 0 Å². The number of esters is 1. The van der Waals surface area contributed by atoms with Crippen LogP contribution < -0.4 is 0 Å². The molecule has 1 aromatic carbocycles. The van der Waals surface area contributed by atoms with Crippen LogP contribution >= 0.6 is 0 Å². The lowest BCUT2D eigenvalue weighted by Crippen LogP contribution is -2.52. The maximum absolute atomic E-state index is 12.6. The van der Waals surface area contributed by atoms with E-state index in [1.807, 2.05) is 0 Å². The highest BCUT2D eigenvalue weighted by molar-refractivity contribution is 6.07. The van der Waals surface area contributed by atoms with E-state index < -0.39 is 27.8 Å². The molecule has 6 nitrogen and oxygen atoms in total. The molecule has 0 aliphatic carbocycles. The molecular formula is C15H17NO5. The minimum absolute atomic E-state index is 0.157. The molecule has 0 amide bonds. The largest absolute Gasteiger partial charge is 0.455 e. The monoisotopic (exact) mass is 291 g/mol. The van der Waals surface area contributed by atoms with E-state index in [-0.39, 0.29) is 17.0 Å². The van der Waals surface area contributed by atoms with Crippen LogP contribution in [0.15, 0.2) is 24.3 Å². The number of para-hydroxylation sites is 1. The SMILES string of the molecule is CC1(C)C(=O)OC(c2ccccc2[N+](=O)[O-])C(C)(C)C1=O. The van der Waals surface area contributed by atoms with Crippen molar-refractivity contribution in [1.82, 2.24) is 0 Å². The summed E-state index contributed by atoms with van der Waals surface area (Å²) in [6, 6.07) is 6.01. The van der Waals surface area contributed by atoms with Crippen LogP contribution in [0.5, 0.6) is 0 Å². The molecule has 0 saturated carbocycles. The van der Waals surface area contributed by atoms with E-state index in [2.05, 4.69) is 0 Å². The molecule has 21 heavy (non-hydrogen) atoms. The van der Waals surface area contributed by atoms with Crippen LogP contribution in [0.2, 0.25) is 0 Å². The first-order chi connectivity index (χ1) is 9.60. The maximum Gasteiger partial charge on any atom is 0.319 e. The fourth-order valence-electron chi connectivity index (χ4n) is 2.75. The van der Waals surface area contributed by atoms with Gasteiger partial charge < -0.3 is 4.74 Å². The van der Waals surface area contributed by atoms with Gasteiger partial charge in [-0.05, 0) is 33.8 Å². The predicted molar refractivity (Wildman–Crippen MR) is 74.5 cm³/mol. The topological polar surface area (TPSA) is 86.5 Å². The minimum Gasteiger partial charge on any atom is -0.455 e. The van der Waals surface area contributed by atoms with E-state index in [0.29, 0.717) is 0 Å². The van der Waals surface area contributed by atoms with E-state index in [1.54, 1.807) is 19.9 Å². The third-order valence-corrected chi connectivity index (χ3v) is 3.96. The number of Topliss-reactive ketones (excluding diaryl/α,β-unsaturated/α-hetero) is 1. The van der Waals surface area contributed by atoms with E-state index in [4.69, 9.17) is 4.74 Å². The van der Waals surface area contributed by atoms with Crippen LogP contribution in [0.3, 0.4) is 0 Å². The number of rotatable bonds is 2. The van der Waals surface area contributed by atoms with Gasteiger partial charge in [-0.1, -0.05) is 12.1 Å². The molecule has 1 aliphatic heterocycles. The molecule has 1 saturated heterocycles. The van der Waals surface area contributed by atoms with Crippen molar-refractivity contribution in [1.29, 1.82) is 0 Å². The van der Waals surface area contributed by atoms with Gasteiger partial charge in [-0.3, -0.25) is 19.7 Å². The summed E-state index contributed by atoms with van der Waals surface area (Å²) in [6.07, 6.45) is -0.966. The van der Waals surface area contributed by atoms with Gasteiger partial charge in [0.2, 0.25) is 0 Å². The van der Waals surface area contributed by atoms with Gasteiger partial charge >= 0.3 is 5.97 Å². The first-order valence-corrected chi connectivity index (χ1v) is 6.59. The van der Waals surface area contributed by atoms with E-state index in [0.717, 1.165) is 0 Å². The van der Waals surface area contributed by atoms with Crippen molar-refractivity contribution in [3.05, 3.63) is 39.9 Å². The Balaban J connectivity index is 2.58. The molecule has 112 valence electrons. The maximum atomic E-state index is 12.6. The number of cyclic esters (lactones) is 1. The lowest BCUT2D eigenvalue weighted by Gasteiger charge is -2.42. The van der Waals surface area contributed by atoms with Gasteiger partial charge in [0.15, 0.2) is 5.78 Å². The molecule has 1 aliphatic rings. The van der Waals surface area contributed by atoms with Gasteiger partial charge in [-0.15, -0.1) is 0 Å². The number of nitro benzene ring substituents is 1. The predicted octanol–water partition coefficient (Wildman–Crippen LogP) is 2.81. The quantitative estimate of drug-likeness (QED) is 0.362. The molecule has 0 N–H and O–H groups in total. The van der Waals surface area contributed by atoms with Crippen molar-refractivity contribution >= 4 is 17.4 Å². The van der Waals surface area contributed by atoms with Gasteiger partial charge in [0, 0.05) is 6.07 Å². The fourth-order valence-corrected chi connectivity index (χ4v) is 2.75. The van der Waals surface area contributed by atoms with Crippen LogP contribution in [0, 0.1) is 20.9 Å². The molecule has 1 atom stereocenters. The first-order valence-electron chi connectivity index (χ1n) is 6.59. The zero-order valence-electron chi connectivity index (χ0n) is 12.4. The minimum atomic E-state index is -1.25. The van der Waals surface area contributed by atoms with Crippen LogP contribution in [0.4, 0.5) is 5.69 Å². The number of nitro groups is 1. The summed E-state index contributed by atoms with van der Waals surface area (Å²) in [5.74, 6) is -0.940. The van der Waals surface area contributed by atoms with Gasteiger partial charge in [0.05, 0.1) is 15.9 Å². The molecule has 1 fully saturated rings. The van der Waals surface area contributed by atoms with Crippen LogP contribution in [-0.2, 0) is 14.3 Å². The third-order valence-electron chi connectivity index (χ3n) is 3.96. The van der Waals surface area contributed by atoms with E-state index in [9.17, 15) is 19.7 Å². The number of carbonyl (C=O) groups is 2. The molecule has 6 heteroatoms. The van der Waals surface area contributed by atoms with Crippen molar-refractivity contribution < 1.29 is 19.2 Å². The Morgan fingerprint density at radius 1 is 1.14 bits per heavy atom. The molecule has 0 spiro atoms. The highest BCUT2D eigenvalue weighted by Crippen LogP contribution is 2.49. The standard InChI is InChI=1S/C15H17NO5/c1-14(2)11(21-13(18)15(3,4)12(14)17)9-7-5-6-8-10(9)16(19)20/h5-8,11H,1-4H3. The molecule has 1 heterocycles. The Labute approximate surface area is 122 Å². The zero-order chi connectivity index (χ0) is 16.0. The number of hydrogen-bond donors (Lipinski definition) is 0. The molecular weight excluding hydrogens is 274 g/mol. The molecule has 0 radical (unpaired) electrons. The van der Waals surface area contributed by atoms with Crippen LogP contribution in [-0.4, -0.2) is 16.7 Å². The third kappa shape index (κ3) is 2.20. The fraction of sp³-hybridized carbons (Fsp3) is 0.467. The van der Waals surface area contributed by atoms with Gasteiger partial charge in [0.25, 0.3) is 5.69 Å². The second kappa shape index (κ2) is 4.65. The average molecular weight is 291 g/mol. The Morgan fingerprint density at radius 3 is 2.29 bits per heavy atom. The molecule has 2 rings (SSSR count). The Kier molecular flexibility index (Phi) is 3.35. The zero-order valence-corrected chi connectivity index (χ0v) is 12.4. The van der Waals surface area contributed by atoms with E-state index in [1.165, 1.54) is 32.0 Å². The molecule has 1 aromatic rings. The average Bonchev–Trinajstić information content (AvgIpc) is 2.41. The summed E-state index contributed by atoms with van der Waals surface area (Å²) in [7, 11) is 0. The van der Waals surface area contributed by atoms with Crippen LogP contribution in [0.1, 0.15) is 39.4 Å². The summed E-state index contributed by atoms with van der Waals surface area (Å²) in [4.78, 5) is 35.2. The van der Waals surface area contributed by atoms with E-state index >= 15 is 0 Å². The number of ether oxygens (including phenoxy) is 1. The van der Waals surface area contributed by atoms with Gasteiger partial charge in [0.1, 0.15) is 11.5 Å². The lowest BCUT2D eigenvalue weighted by atomic mass is 9.67. The Morgan fingerprint density at radius 2 is 1.71 bits per heavy atom. The lowest BCUT2D eigenvalue weighted by molar-refractivity contribution is -0.386. The Hall–Kier alpha value is -2.24. The normalized spacial score (nSPS) is 23.5. The summed E-state index contributed by atoms with van der Waals surface area (Å²) in [5, 5.41) is 11.1. The number of benzene rings is 1. The molecule has 0 bridgehead atoms. The van der Waals surface area contributed by atoms with Gasteiger partial charge in [-0.25, -0.2) is 0 Å². The number of nitrogens with zero attached hydrogens (tertiary/aromatic N) is 1. The highest BCUT2D eigenvalue weighted by Gasteiger charge is 2.56. The van der Waals surface area contributed by atoms with Crippen molar-refractivity contribution in [2.24, 2.45) is 10.8 Å². The summed E-state index contributed by atoms with van der Waals surface area (Å²) in [5.41, 5.74) is -2.20. The molecule has 1 unspecified atom stereocenters. The van der Waals surface area contributed by atoms with Crippen molar-refractivity contribution in [2.75, 3.05) is 0 Å². The number of carbonyl (C=O) groups excluding carboxylic acids is 2. The molecule has 0 aromatic heterocycles. The smallest absolute Gasteiger partial charge is 0.319 e. The highest BCUT2D eigenvalue weighted by atomic mass is 16.6. The second-order valence-corrected chi connectivity index (χ2v) is 6.28. The first kappa shape index (κ1) is 15.2. The Bertz CT molecular complexity index is 633. The summed E-state index contributed by atoms with van der Waals surface area (Å²) >= 11 is 0. The summed E-state index contributed by atoms with van der Waals surface area (Å²) < 4.78 is 5.40. The van der Waals surface area contributed by atoms with Gasteiger partial charge in [-0.2, -0.15) is 0 Å². The van der Waals surface area contributed by atoms with Crippen molar-refractivity contribution in [3.63, 3.8) is 0 Å². The van der Waals surface area contributed by atoms with Crippen molar-refractivity contribution in [3.8, 4) is 0 Å².